The van der Waals surface area contributed by atoms with Crippen molar-refractivity contribution >= 4 is 16.7 Å². The van der Waals surface area contributed by atoms with Gasteiger partial charge < -0.3 is 14.6 Å². The van der Waals surface area contributed by atoms with Crippen LogP contribution in [0.25, 0.3) is 10.8 Å². The van der Waals surface area contributed by atoms with Gasteiger partial charge in [0.15, 0.2) is 0 Å². The Morgan fingerprint density at radius 1 is 1.20 bits per heavy atom. The topological polar surface area (TPSA) is 49.4 Å². The van der Waals surface area contributed by atoms with Crippen molar-refractivity contribution in [2.24, 2.45) is 0 Å². The van der Waals surface area contributed by atoms with Crippen molar-refractivity contribution in [1.29, 1.82) is 0 Å². The SMILES string of the molecule is CCCC[C@H](Oc1ccc2ccccc2c1)C(=O)[O-].[Na+]. The van der Waals surface area contributed by atoms with Gasteiger partial charge >= 0.3 is 29.6 Å². The molecule has 0 heterocycles. The first-order chi connectivity index (χ1) is 9.20. The average Bonchev–Trinajstić information content (AvgIpc) is 2.43. The molecule has 3 nitrogen and oxygen atoms in total. The van der Waals surface area contributed by atoms with Crippen molar-refractivity contribution in [3.05, 3.63) is 42.5 Å². The van der Waals surface area contributed by atoms with Gasteiger partial charge in [-0.25, -0.2) is 0 Å². The van der Waals surface area contributed by atoms with Gasteiger partial charge in [0.1, 0.15) is 11.9 Å². The van der Waals surface area contributed by atoms with Gasteiger partial charge in [0.05, 0.1) is 5.97 Å². The third-order valence-electron chi connectivity index (χ3n) is 3.08. The monoisotopic (exact) mass is 280 g/mol. The molecule has 0 amide bonds. The molecule has 0 aliphatic heterocycles. The van der Waals surface area contributed by atoms with Crippen molar-refractivity contribution in [3.63, 3.8) is 0 Å². The minimum atomic E-state index is -1.15. The van der Waals surface area contributed by atoms with Gasteiger partial charge in [0.2, 0.25) is 0 Å². The number of carbonyl (C=O) groups is 1. The summed E-state index contributed by atoms with van der Waals surface area (Å²) in [4.78, 5) is 11.0. The number of hydrogen-bond acceptors (Lipinski definition) is 3. The second kappa shape index (κ2) is 8.30. The van der Waals surface area contributed by atoms with E-state index < -0.39 is 12.1 Å². The number of carboxylic acid groups (broad SMARTS) is 1. The molecular formula is C16H17NaO3. The van der Waals surface area contributed by atoms with Gasteiger partial charge in [-0.1, -0.05) is 43.7 Å². The van der Waals surface area contributed by atoms with Gasteiger partial charge in [-0.05, 0) is 35.7 Å². The normalized spacial score (nSPS) is 11.7. The quantitative estimate of drug-likeness (QED) is 0.672. The van der Waals surface area contributed by atoms with Gasteiger partial charge in [0.25, 0.3) is 0 Å². The summed E-state index contributed by atoms with van der Waals surface area (Å²) in [6.45, 7) is 2.02. The Morgan fingerprint density at radius 3 is 2.55 bits per heavy atom. The summed E-state index contributed by atoms with van der Waals surface area (Å²) in [6, 6.07) is 13.5. The molecule has 0 saturated heterocycles. The summed E-state index contributed by atoms with van der Waals surface area (Å²) in [5.74, 6) is -0.578. The van der Waals surface area contributed by atoms with Crippen LogP contribution in [0.5, 0.6) is 5.75 Å². The number of carboxylic acids is 1. The molecule has 0 aliphatic carbocycles. The molecule has 0 aromatic heterocycles. The first-order valence-corrected chi connectivity index (χ1v) is 6.57. The standard InChI is InChI=1S/C16H18O3.Na/c1-2-3-8-15(16(17)18)19-14-10-9-12-6-4-5-7-13(12)11-14;/h4-7,9-11,15H,2-3,8H2,1H3,(H,17,18);/q;+1/p-1/t15-;/m0./s1. The zero-order valence-corrected chi connectivity index (χ0v) is 14.0. The second-order valence-electron chi connectivity index (χ2n) is 4.58. The Balaban J connectivity index is 0.00000200. The Labute approximate surface area is 141 Å². The first-order valence-electron chi connectivity index (χ1n) is 6.57. The number of carbonyl (C=O) groups excluding carboxylic acids is 1. The smallest absolute Gasteiger partial charge is 0.546 e. The van der Waals surface area contributed by atoms with Crippen molar-refractivity contribution < 1.29 is 44.2 Å². The van der Waals surface area contributed by atoms with Gasteiger partial charge in [0, 0.05) is 0 Å². The number of aliphatic carboxylic acids is 1. The summed E-state index contributed by atoms with van der Waals surface area (Å²) >= 11 is 0. The third-order valence-corrected chi connectivity index (χ3v) is 3.08. The van der Waals surface area contributed by atoms with E-state index in [1.807, 2.05) is 43.3 Å². The molecule has 0 spiro atoms. The van der Waals surface area contributed by atoms with Crippen LogP contribution in [0.2, 0.25) is 0 Å². The van der Waals surface area contributed by atoms with E-state index in [4.69, 9.17) is 4.74 Å². The van der Waals surface area contributed by atoms with Crippen molar-refractivity contribution in [2.75, 3.05) is 0 Å². The van der Waals surface area contributed by atoms with Crippen molar-refractivity contribution in [1.82, 2.24) is 0 Å². The zero-order chi connectivity index (χ0) is 13.7. The van der Waals surface area contributed by atoms with E-state index in [2.05, 4.69) is 0 Å². The summed E-state index contributed by atoms with van der Waals surface area (Å²) in [5.41, 5.74) is 0. The molecule has 0 bridgehead atoms. The number of ether oxygens (including phenoxy) is 1. The minimum Gasteiger partial charge on any atom is -0.546 e. The summed E-state index contributed by atoms with van der Waals surface area (Å²) in [6.07, 6.45) is 1.35. The molecular weight excluding hydrogens is 263 g/mol. The molecule has 0 saturated carbocycles. The molecule has 1 atom stereocenters. The molecule has 2 rings (SSSR count). The van der Waals surface area contributed by atoms with Crippen LogP contribution < -0.4 is 39.4 Å². The van der Waals surface area contributed by atoms with Gasteiger partial charge in [-0.15, -0.1) is 0 Å². The van der Waals surface area contributed by atoms with E-state index in [1.54, 1.807) is 6.07 Å². The Morgan fingerprint density at radius 2 is 1.90 bits per heavy atom. The summed E-state index contributed by atoms with van der Waals surface area (Å²) in [5, 5.41) is 13.2. The van der Waals surface area contributed by atoms with E-state index in [-0.39, 0.29) is 29.6 Å². The van der Waals surface area contributed by atoms with E-state index in [1.165, 1.54) is 0 Å². The van der Waals surface area contributed by atoms with Crippen LogP contribution in [-0.4, -0.2) is 12.1 Å². The van der Waals surface area contributed by atoms with Gasteiger partial charge in [-0.2, -0.15) is 0 Å². The largest absolute Gasteiger partial charge is 1.00 e. The Kier molecular flexibility index (Phi) is 7.06. The molecule has 100 valence electrons. The van der Waals surface area contributed by atoms with E-state index in [0.717, 1.165) is 23.6 Å². The molecule has 0 unspecified atom stereocenters. The Bertz CT molecular complexity index is 568. The van der Waals surface area contributed by atoms with Crippen LogP contribution in [0.3, 0.4) is 0 Å². The fraction of sp³-hybridized carbons (Fsp3) is 0.312. The number of rotatable bonds is 6. The molecule has 20 heavy (non-hydrogen) atoms. The van der Waals surface area contributed by atoms with Crippen molar-refractivity contribution in [2.45, 2.75) is 32.3 Å². The maximum atomic E-state index is 11.0. The predicted molar refractivity (Wildman–Crippen MR) is 72.9 cm³/mol. The molecule has 0 aliphatic rings. The number of benzene rings is 2. The molecule has 0 fully saturated rings. The first kappa shape index (κ1) is 17.0. The van der Waals surface area contributed by atoms with Crippen LogP contribution in [0.1, 0.15) is 26.2 Å². The molecule has 4 heteroatoms. The molecule has 2 aromatic carbocycles. The second-order valence-corrected chi connectivity index (χ2v) is 4.58. The van der Waals surface area contributed by atoms with Gasteiger partial charge in [-0.3, -0.25) is 0 Å². The van der Waals surface area contributed by atoms with E-state index in [0.29, 0.717) is 12.2 Å². The molecule has 0 N–H and O–H groups in total. The number of unbranched alkanes of at least 4 members (excludes halogenated alkanes) is 1. The van der Waals surface area contributed by atoms with E-state index >= 15 is 0 Å². The Hall–Kier alpha value is -1.03. The predicted octanol–water partition coefficient (Wildman–Crippen LogP) is -0.469. The fourth-order valence-electron chi connectivity index (χ4n) is 2.02. The van der Waals surface area contributed by atoms with Crippen molar-refractivity contribution in [3.8, 4) is 5.75 Å². The summed E-state index contributed by atoms with van der Waals surface area (Å²) < 4.78 is 5.52. The maximum Gasteiger partial charge on any atom is 1.00 e. The number of hydrogen-bond donors (Lipinski definition) is 0. The van der Waals surface area contributed by atoms with Crippen LogP contribution in [-0.2, 0) is 4.79 Å². The van der Waals surface area contributed by atoms with Crippen LogP contribution in [0.4, 0.5) is 0 Å². The summed E-state index contributed by atoms with van der Waals surface area (Å²) in [7, 11) is 0. The fourth-order valence-corrected chi connectivity index (χ4v) is 2.02. The maximum absolute atomic E-state index is 11.0. The van der Waals surface area contributed by atoms with Crippen LogP contribution in [0, 0.1) is 0 Å². The van der Waals surface area contributed by atoms with Crippen LogP contribution >= 0.6 is 0 Å². The molecule has 2 aromatic rings. The van der Waals surface area contributed by atoms with Crippen LogP contribution in [0.15, 0.2) is 42.5 Å². The third kappa shape index (κ3) is 4.51. The minimum absolute atomic E-state index is 0. The number of fused-ring (bicyclic) bond motifs is 1. The van der Waals surface area contributed by atoms with E-state index in [9.17, 15) is 9.90 Å². The molecule has 0 radical (unpaired) electrons. The average molecular weight is 280 g/mol. The zero-order valence-electron chi connectivity index (χ0n) is 12.0.